The molecule has 0 spiro atoms. The first-order valence-electron chi connectivity index (χ1n) is 7.17. The molecule has 0 atom stereocenters. The minimum Gasteiger partial charge on any atom is -0.397 e. The van der Waals surface area contributed by atoms with Crippen LogP contribution >= 0.6 is 11.3 Å². The number of thiophene rings is 1. The average molecular weight is 279 g/mol. The van der Waals surface area contributed by atoms with E-state index in [1.165, 1.54) is 49.0 Å². The van der Waals surface area contributed by atoms with Gasteiger partial charge in [-0.3, -0.25) is 4.79 Å². The largest absolute Gasteiger partial charge is 0.397 e. The molecule has 2 aliphatic carbocycles. The fourth-order valence-electron chi connectivity index (χ4n) is 2.49. The van der Waals surface area contributed by atoms with Gasteiger partial charge in [0.15, 0.2) is 0 Å². The number of rotatable bonds is 5. The quantitative estimate of drug-likeness (QED) is 0.776. The number of carbonyl (C=O) groups excluding carboxylic acids is 1. The molecule has 0 unspecified atom stereocenters. The fourth-order valence-corrected chi connectivity index (χ4v) is 3.69. The van der Waals surface area contributed by atoms with Crippen molar-refractivity contribution >= 4 is 27.9 Å². The molecule has 3 rings (SSSR count). The van der Waals surface area contributed by atoms with Crippen molar-refractivity contribution in [2.45, 2.75) is 51.0 Å². The van der Waals surface area contributed by atoms with Gasteiger partial charge in [0.25, 0.3) is 5.91 Å². The molecule has 0 aromatic carbocycles. The van der Waals surface area contributed by atoms with Crippen LogP contribution in [0, 0.1) is 0 Å². The zero-order chi connectivity index (χ0) is 13.4. The van der Waals surface area contributed by atoms with Gasteiger partial charge in [0.2, 0.25) is 0 Å². The molecule has 19 heavy (non-hydrogen) atoms. The summed E-state index contributed by atoms with van der Waals surface area (Å²) >= 11 is 1.53. The molecule has 0 aliphatic heterocycles. The third kappa shape index (κ3) is 2.43. The molecule has 2 aliphatic rings. The molecule has 2 fully saturated rings. The second-order valence-electron chi connectivity index (χ2n) is 5.49. The van der Waals surface area contributed by atoms with Gasteiger partial charge >= 0.3 is 0 Å². The summed E-state index contributed by atoms with van der Waals surface area (Å²) in [7, 11) is 0. The lowest BCUT2D eigenvalue weighted by Gasteiger charge is -2.27. The van der Waals surface area contributed by atoms with Crippen molar-refractivity contribution < 1.29 is 4.79 Å². The number of nitrogen functional groups attached to an aromatic ring is 1. The SMILES string of the molecule is CCNC(=O)c1sc(NC2CCC2)c(C2CC2)c1N. The maximum atomic E-state index is 12.0. The normalized spacial score (nSPS) is 19.0. The molecule has 0 saturated heterocycles. The molecule has 5 heteroatoms. The van der Waals surface area contributed by atoms with E-state index in [1.807, 2.05) is 6.92 Å². The Morgan fingerprint density at radius 1 is 1.37 bits per heavy atom. The molecular weight excluding hydrogens is 258 g/mol. The van der Waals surface area contributed by atoms with Crippen molar-refractivity contribution in [2.24, 2.45) is 0 Å². The topological polar surface area (TPSA) is 67.2 Å². The number of carbonyl (C=O) groups is 1. The van der Waals surface area contributed by atoms with Gasteiger partial charge in [0.1, 0.15) is 4.88 Å². The van der Waals surface area contributed by atoms with Gasteiger partial charge in [-0.15, -0.1) is 11.3 Å². The van der Waals surface area contributed by atoms with Crippen LogP contribution in [0.2, 0.25) is 0 Å². The fraction of sp³-hybridized carbons (Fsp3) is 0.643. The lowest BCUT2D eigenvalue weighted by Crippen LogP contribution is -2.26. The Hall–Kier alpha value is -1.23. The first kappa shape index (κ1) is 12.8. The van der Waals surface area contributed by atoms with Crippen molar-refractivity contribution in [2.75, 3.05) is 17.6 Å². The van der Waals surface area contributed by atoms with Crippen molar-refractivity contribution in [1.29, 1.82) is 0 Å². The second kappa shape index (κ2) is 5.04. The molecule has 0 bridgehead atoms. The van der Waals surface area contributed by atoms with E-state index in [0.29, 0.717) is 29.1 Å². The Morgan fingerprint density at radius 3 is 2.63 bits per heavy atom. The number of nitrogens with two attached hydrogens (primary N) is 1. The lowest BCUT2D eigenvalue weighted by atomic mass is 9.93. The molecule has 1 heterocycles. The molecule has 4 nitrogen and oxygen atoms in total. The predicted octanol–water partition coefficient (Wildman–Crippen LogP) is 2.92. The summed E-state index contributed by atoms with van der Waals surface area (Å²) in [6, 6.07) is 0.581. The highest BCUT2D eigenvalue weighted by molar-refractivity contribution is 7.18. The van der Waals surface area contributed by atoms with Gasteiger partial charge in [0.05, 0.1) is 10.7 Å². The van der Waals surface area contributed by atoms with Gasteiger partial charge in [-0.1, -0.05) is 0 Å². The number of anilines is 2. The maximum absolute atomic E-state index is 12.0. The van der Waals surface area contributed by atoms with E-state index in [1.54, 1.807) is 0 Å². The first-order valence-corrected chi connectivity index (χ1v) is 7.99. The summed E-state index contributed by atoms with van der Waals surface area (Å²) in [4.78, 5) is 12.7. The third-order valence-electron chi connectivity index (χ3n) is 3.95. The van der Waals surface area contributed by atoms with Crippen molar-refractivity contribution in [1.82, 2.24) is 5.32 Å². The Balaban J connectivity index is 1.88. The number of hydrogen-bond donors (Lipinski definition) is 3. The van der Waals surface area contributed by atoms with Crippen molar-refractivity contribution in [3.63, 3.8) is 0 Å². The molecule has 1 amide bonds. The van der Waals surface area contributed by atoms with Crippen LogP contribution in [0.3, 0.4) is 0 Å². The van der Waals surface area contributed by atoms with Crippen LogP contribution in [0.15, 0.2) is 0 Å². The summed E-state index contributed by atoms with van der Waals surface area (Å²) in [5.74, 6) is 0.538. The van der Waals surface area contributed by atoms with Gasteiger partial charge in [0, 0.05) is 18.2 Å². The van der Waals surface area contributed by atoms with Crippen LogP contribution < -0.4 is 16.4 Å². The summed E-state index contributed by atoms with van der Waals surface area (Å²) < 4.78 is 0. The van der Waals surface area contributed by atoms with Crippen LogP contribution in [-0.2, 0) is 0 Å². The lowest BCUT2D eigenvalue weighted by molar-refractivity contribution is 0.0960. The smallest absolute Gasteiger partial charge is 0.263 e. The van der Waals surface area contributed by atoms with E-state index in [4.69, 9.17) is 5.73 Å². The zero-order valence-electron chi connectivity index (χ0n) is 11.3. The monoisotopic (exact) mass is 279 g/mol. The van der Waals surface area contributed by atoms with Gasteiger partial charge in [-0.25, -0.2) is 0 Å². The van der Waals surface area contributed by atoms with Crippen molar-refractivity contribution in [3.8, 4) is 0 Å². The summed E-state index contributed by atoms with van der Waals surface area (Å²) in [5, 5.41) is 7.58. The van der Waals surface area contributed by atoms with Crippen LogP contribution in [0.1, 0.15) is 60.2 Å². The standard InChI is InChI=1S/C14H21N3OS/c1-2-16-13(18)12-11(15)10(8-6-7-8)14(19-12)17-9-4-3-5-9/h8-9,17H,2-7,15H2,1H3,(H,16,18). The minimum atomic E-state index is -0.0337. The van der Waals surface area contributed by atoms with E-state index in [2.05, 4.69) is 10.6 Å². The Labute approximate surface area is 117 Å². The van der Waals surface area contributed by atoms with E-state index < -0.39 is 0 Å². The number of nitrogens with one attached hydrogen (secondary N) is 2. The van der Waals surface area contributed by atoms with E-state index in [-0.39, 0.29) is 5.91 Å². The Morgan fingerprint density at radius 2 is 2.11 bits per heavy atom. The van der Waals surface area contributed by atoms with Gasteiger partial charge < -0.3 is 16.4 Å². The van der Waals surface area contributed by atoms with Gasteiger partial charge in [-0.2, -0.15) is 0 Å². The maximum Gasteiger partial charge on any atom is 0.263 e. The van der Waals surface area contributed by atoms with Crippen molar-refractivity contribution in [3.05, 3.63) is 10.4 Å². The van der Waals surface area contributed by atoms with Crippen LogP contribution in [0.4, 0.5) is 10.7 Å². The van der Waals surface area contributed by atoms with E-state index in [0.717, 1.165) is 5.00 Å². The summed E-state index contributed by atoms with van der Waals surface area (Å²) in [6.45, 7) is 2.57. The van der Waals surface area contributed by atoms with Crippen LogP contribution in [0.25, 0.3) is 0 Å². The Bertz CT molecular complexity index is 489. The highest BCUT2D eigenvalue weighted by Crippen LogP contribution is 2.51. The molecule has 1 aromatic heterocycles. The number of amides is 1. The van der Waals surface area contributed by atoms with Crippen LogP contribution in [-0.4, -0.2) is 18.5 Å². The number of hydrogen-bond acceptors (Lipinski definition) is 4. The first-order chi connectivity index (χ1) is 9.20. The van der Waals surface area contributed by atoms with Crippen LogP contribution in [0.5, 0.6) is 0 Å². The summed E-state index contributed by atoms with van der Waals surface area (Å²) in [6.07, 6.45) is 6.18. The highest BCUT2D eigenvalue weighted by atomic mass is 32.1. The molecular formula is C14H21N3OS. The van der Waals surface area contributed by atoms with E-state index >= 15 is 0 Å². The molecule has 1 aromatic rings. The molecule has 2 saturated carbocycles. The van der Waals surface area contributed by atoms with Gasteiger partial charge in [-0.05, 0) is 44.9 Å². The Kier molecular flexibility index (Phi) is 3.39. The van der Waals surface area contributed by atoms with E-state index in [9.17, 15) is 4.79 Å². The minimum absolute atomic E-state index is 0.0337. The molecule has 4 N–H and O–H groups in total. The highest BCUT2D eigenvalue weighted by Gasteiger charge is 2.33. The third-order valence-corrected chi connectivity index (χ3v) is 5.10. The average Bonchev–Trinajstić information content (AvgIpc) is 3.09. The second-order valence-corrected chi connectivity index (χ2v) is 6.51. The summed E-state index contributed by atoms with van der Waals surface area (Å²) in [5.41, 5.74) is 8.14. The zero-order valence-corrected chi connectivity index (χ0v) is 12.1. The predicted molar refractivity (Wildman–Crippen MR) is 80.0 cm³/mol. The molecule has 104 valence electrons. The molecule has 0 radical (unpaired) electrons.